The minimum Gasteiger partial charge on any atom is -0.374 e. The number of hydrogen-bond acceptors (Lipinski definition) is 4. The Morgan fingerprint density at radius 3 is 2.57 bits per heavy atom. The summed E-state index contributed by atoms with van der Waals surface area (Å²) in [6, 6.07) is 5.40. The lowest BCUT2D eigenvalue weighted by molar-refractivity contribution is 0.128. The average Bonchev–Trinajstić information content (AvgIpc) is 2.48. The summed E-state index contributed by atoms with van der Waals surface area (Å²) in [5, 5.41) is 3.09. The van der Waals surface area contributed by atoms with E-state index in [0.717, 1.165) is 12.1 Å². The van der Waals surface area contributed by atoms with Crippen molar-refractivity contribution in [2.75, 3.05) is 18.5 Å². The Balaban J connectivity index is 2.40. The number of hydrogen-bond donors (Lipinski definition) is 1. The first-order valence-electron chi connectivity index (χ1n) is 6.79. The molecule has 0 aliphatic heterocycles. The third-order valence-electron chi connectivity index (χ3n) is 2.78. The maximum atomic E-state index is 13.4. The van der Waals surface area contributed by atoms with Crippen molar-refractivity contribution in [3.8, 4) is 11.3 Å². The molecule has 0 unspecified atom stereocenters. The summed E-state index contributed by atoms with van der Waals surface area (Å²) < 4.78 is 31.7. The van der Waals surface area contributed by atoms with Crippen LogP contribution in [-0.2, 0) is 11.3 Å². The zero-order chi connectivity index (χ0) is 15.2. The van der Waals surface area contributed by atoms with E-state index in [2.05, 4.69) is 15.3 Å². The van der Waals surface area contributed by atoms with Gasteiger partial charge < -0.3 is 10.1 Å². The second-order valence-corrected chi connectivity index (χ2v) is 4.35. The molecule has 0 bridgehead atoms. The van der Waals surface area contributed by atoms with Gasteiger partial charge in [-0.1, -0.05) is 0 Å². The molecular weight excluding hydrogens is 276 g/mol. The number of nitrogens with zero attached hydrogens (tertiary/aromatic N) is 2. The zero-order valence-corrected chi connectivity index (χ0v) is 12.0. The van der Waals surface area contributed by atoms with E-state index in [-0.39, 0.29) is 6.61 Å². The number of ether oxygens (including phenoxy) is 1. The largest absolute Gasteiger partial charge is 0.374 e. The Morgan fingerprint density at radius 1 is 1.10 bits per heavy atom. The molecule has 1 heterocycles. The maximum Gasteiger partial charge on any atom is 0.159 e. The van der Waals surface area contributed by atoms with E-state index in [1.807, 2.05) is 13.8 Å². The molecule has 0 aliphatic rings. The fourth-order valence-electron chi connectivity index (χ4n) is 1.83. The quantitative estimate of drug-likeness (QED) is 0.887. The van der Waals surface area contributed by atoms with E-state index < -0.39 is 11.6 Å². The van der Waals surface area contributed by atoms with Crippen LogP contribution in [0.15, 0.2) is 24.3 Å². The van der Waals surface area contributed by atoms with E-state index in [1.165, 1.54) is 6.07 Å². The first-order valence-corrected chi connectivity index (χ1v) is 6.79. The molecule has 0 atom stereocenters. The second kappa shape index (κ2) is 7.08. The number of aromatic nitrogens is 2. The fourth-order valence-corrected chi connectivity index (χ4v) is 1.83. The molecule has 0 amide bonds. The van der Waals surface area contributed by atoms with Gasteiger partial charge >= 0.3 is 0 Å². The number of anilines is 1. The normalized spacial score (nSPS) is 10.7. The van der Waals surface area contributed by atoms with Crippen LogP contribution in [0.2, 0.25) is 0 Å². The molecule has 21 heavy (non-hydrogen) atoms. The van der Waals surface area contributed by atoms with Gasteiger partial charge in [-0.05, 0) is 32.0 Å². The van der Waals surface area contributed by atoms with Crippen LogP contribution >= 0.6 is 0 Å². The van der Waals surface area contributed by atoms with Gasteiger partial charge in [0.25, 0.3) is 0 Å². The van der Waals surface area contributed by atoms with Gasteiger partial charge in [0.2, 0.25) is 0 Å². The summed E-state index contributed by atoms with van der Waals surface area (Å²) >= 11 is 0. The van der Waals surface area contributed by atoms with Crippen molar-refractivity contribution in [2.24, 2.45) is 0 Å². The average molecular weight is 293 g/mol. The topological polar surface area (TPSA) is 47.0 Å². The number of halogens is 2. The number of benzene rings is 1. The predicted molar refractivity (Wildman–Crippen MR) is 76.9 cm³/mol. The van der Waals surface area contributed by atoms with Crippen molar-refractivity contribution in [1.82, 2.24) is 9.97 Å². The summed E-state index contributed by atoms with van der Waals surface area (Å²) in [5.41, 5.74) is 1.02. The lowest BCUT2D eigenvalue weighted by atomic mass is 10.1. The first-order chi connectivity index (χ1) is 10.1. The van der Waals surface area contributed by atoms with Crippen molar-refractivity contribution in [3.05, 3.63) is 41.7 Å². The molecule has 1 aromatic carbocycles. The SMILES string of the molecule is CCNc1cc(-c2ccc(F)c(F)c2)nc(COCC)n1. The Labute approximate surface area is 122 Å². The maximum absolute atomic E-state index is 13.4. The van der Waals surface area contributed by atoms with Crippen molar-refractivity contribution in [2.45, 2.75) is 20.5 Å². The van der Waals surface area contributed by atoms with Gasteiger partial charge in [0.05, 0.1) is 5.69 Å². The molecule has 112 valence electrons. The van der Waals surface area contributed by atoms with Gasteiger partial charge in [-0.25, -0.2) is 18.7 Å². The molecule has 0 aliphatic carbocycles. The van der Waals surface area contributed by atoms with E-state index >= 15 is 0 Å². The van der Waals surface area contributed by atoms with Crippen LogP contribution in [0.25, 0.3) is 11.3 Å². The van der Waals surface area contributed by atoms with Crippen molar-refractivity contribution < 1.29 is 13.5 Å². The summed E-state index contributed by atoms with van der Waals surface area (Å²) in [6.45, 7) is 5.34. The molecular formula is C15H17F2N3O. The van der Waals surface area contributed by atoms with Gasteiger partial charge in [0.1, 0.15) is 12.4 Å². The van der Waals surface area contributed by atoms with E-state index in [4.69, 9.17) is 4.74 Å². The first kappa shape index (κ1) is 15.3. The Kier molecular flexibility index (Phi) is 5.16. The van der Waals surface area contributed by atoms with E-state index in [1.54, 1.807) is 6.07 Å². The third kappa shape index (κ3) is 3.95. The van der Waals surface area contributed by atoms with Crippen molar-refractivity contribution in [3.63, 3.8) is 0 Å². The monoisotopic (exact) mass is 293 g/mol. The number of nitrogens with one attached hydrogen (secondary N) is 1. The molecule has 4 nitrogen and oxygen atoms in total. The van der Waals surface area contributed by atoms with Crippen LogP contribution in [-0.4, -0.2) is 23.1 Å². The Bertz CT molecular complexity index is 620. The van der Waals surface area contributed by atoms with Gasteiger partial charge in [-0.2, -0.15) is 0 Å². The highest BCUT2D eigenvalue weighted by Crippen LogP contribution is 2.22. The van der Waals surface area contributed by atoms with Crippen molar-refractivity contribution >= 4 is 5.82 Å². The van der Waals surface area contributed by atoms with Crippen LogP contribution in [0.1, 0.15) is 19.7 Å². The molecule has 0 radical (unpaired) electrons. The number of rotatable bonds is 6. The standard InChI is InChI=1S/C15H17F2N3O/c1-3-18-14-8-13(19-15(20-14)9-21-4-2)10-5-6-11(16)12(17)7-10/h5-8H,3-4,9H2,1-2H3,(H,18,19,20). The lowest BCUT2D eigenvalue weighted by Gasteiger charge is -2.09. The highest BCUT2D eigenvalue weighted by atomic mass is 19.2. The molecule has 0 saturated carbocycles. The van der Waals surface area contributed by atoms with Gasteiger partial charge in [-0.15, -0.1) is 0 Å². The minimum atomic E-state index is -0.900. The molecule has 0 spiro atoms. The highest BCUT2D eigenvalue weighted by Gasteiger charge is 2.09. The van der Waals surface area contributed by atoms with Crippen LogP contribution in [0.4, 0.5) is 14.6 Å². The lowest BCUT2D eigenvalue weighted by Crippen LogP contribution is -2.06. The molecule has 2 aromatic rings. The van der Waals surface area contributed by atoms with E-state index in [0.29, 0.717) is 36.1 Å². The summed E-state index contributed by atoms with van der Waals surface area (Å²) in [5.74, 6) is -0.659. The fraction of sp³-hybridized carbons (Fsp3) is 0.333. The van der Waals surface area contributed by atoms with Crippen LogP contribution in [0.3, 0.4) is 0 Å². The molecule has 2 rings (SSSR count). The van der Waals surface area contributed by atoms with Crippen LogP contribution in [0, 0.1) is 11.6 Å². The zero-order valence-electron chi connectivity index (χ0n) is 12.0. The molecule has 6 heteroatoms. The van der Waals surface area contributed by atoms with E-state index in [9.17, 15) is 8.78 Å². The van der Waals surface area contributed by atoms with Gasteiger partial charge in [-0.3, -0.25) is 0 Å². The third-order valence-corrected chi connectivity index (χ3v) is 2.78. The van der Waals surface area contributed by atoms with Gasteiger partial charge in [0.15, 0.2) is 17.5 Å². The Morgan fingerprint density at radius 2 is 1.90 bits per heavy atom. The van der Waals surface area contributed by atoms with Crippen LogP contribution < -0.4 is 5.32 Å². The van der Waals surface area contributed by atoms with Gasteiger partial charge in [0, 0.05) is 24.8 Å². The minimum absolute atomic E-state index is 0.270. The predicted octanol–water partition coefficient (Wildman–Crippen LogP) is 3.39. The summed E-state index contributed by atoms with van der Waals surface area (Å²) in [6.07, 6.45) is 0. The summed E-state index contributed by atoms with van der Waals surface area (Å²) in [4.78, 5) is 8.64. The molecule has 0 fully saturated rings. The molecule has 0 saturated heterocycles. The summed E-state index contributed by atoms with van der Waals surface area (Å²) in [7, 11) is 0. The van der Waals surface area contributed by atoms with Crippen molar-refractivity contribution in [1.29, 1.82) is 0 Å². The molecule has 1 aromatic heterocycles. The molecule has 1 N–H and O–H groups in total. The Hall–Kier alpha value is -2.08. The second-order valence-electron chi connectivity index (χ2n) is 4.35. The highest BCUT2D eigenvalue weighted by molar-refractivity contribution is 5.62. The van der Waals surface area contributed by atoms with Crippen LogP contribution in [0.5, 0.6) is 0 Å². The smallest absolute Gasteiger partial charge is 0.159 e.